The fourth-order valence-electron chi connectivity index (χ4n) is 2.39. The molecule has 1 atom stereocenters. The molecule has 15 heavy (non-hydrogen) atoms. The van der Waals surface area contributed by atoms with Crippen molar-refractivity contribution < 1.29 is 5.11 Å². The first-order chi connectivity index (χ1) is 7.31. The van der Waals surface area contributed by atoms with Crippen LogP contribution in [0.2, 0.25) is 5.02 Å². The molecule has 1 N–H and O–H groups in total. The normalized spacial score (nSPS) is 18.5. The zero-order valence-electron chi connectivity index (χ0n) is 8.82. The summed E-state index contributed by atoms with van der Waals surface area (Å²) in [6.45, 7) is 0.272. The van der Waals surface area contributed by atoms with E-state index in [0.717, 1.165) is 17.4 Å². The van der Waals surface area contributed by atoms with Crippen molar-refractivity contribution in [2.24, 2.45) is 5.92 Å². The molecule has 0 bridgehead atoms. The van der Waals surface area contributed by atoms with E-state index in [-0.39, 0.29) is 6.61 Å². The third kappa shape index (κ3) is 2.53. The molecule has 1 nitrogen and oxygen atoms in total. The van der Waals surface area contributed by atoms with Crippen molar-refractivity contribution in [3.8, 4) is 0 Å². The van der Waals surface area contributed by atoms with Gasteiger partial charge in [0.05, 0.1) is 0 Å². The Kier molecular flexibility index (Phi) is 3.66. The van der Waals surface area contributed by atoms with Gasteiger partial charge in [-0.2, -0.15) is 0 Å². The maximum absolute atomic E-state index is 9.10. The molecule has 0 radical (unpaired) electrons. The van der Waals surface area contributed by atoms with Gasteiger partial charge in [0.15, 0.2) is 0 Å². The lowest BCUT2D eigenvalue weighted by atomic mass is 9.72. The largest absolute Gasteiger partial charge is 0.396 e. The van der Waals surface area contributed by atoms with Gasteiger partial charge in [-0.25, -0.2) is 0 Å². The van der Waals surface area contributed by atoms with Crippen LogP contribution in [0.15, 0.2) is 24.3 Å². The van der Waals surface area contributed by atoms with Gasteiger partial charge in [0, 0.05) is 11.6 Å². The second-order valence-corrected chi connectivity index (χ2v) is 4.80. The Morgan fingerprint density at radius 2 is 2.20 bits per heavy atom. The first-order valence-corrected chi connectivity index (χ1v) is 6.05. The van der Waals surface area contributed by atoms with Crippen LogP contribution in [0.25, 0.3) is 0 Å². The Labute approximate surface area is 96.1 Å². The molecule has 1 aromatic carbocycles. The summed E-state index contributed by atoms with van der Waals surface area (Å²) in [4.78, 5) is 0. The van der Waals surface area contributed by atoms with Gasteiger partial charge in [0.25, 0.3) is 0 Å². The van der Waals surface area contributed by atoms with Crippen molar-refractivity contribution in [1.82, 2.24) is 0 Å². The van der Waals surface area contributed by atoms with Crippen LogP contribution in [0.3, 0.4) is 0 Å². The van der Waals surface area contributed by atoms with Crippen LogP contribution in [-0.4, -0.2) is 11.7 Å². The predicted molar refractivity (Wildman–Crippen MR) is 63.2 cm³/mol. The standard InChI is InChI=1S/C13H17ClO/c14-12-6-2-5-11(9-12)13(7-8-15)10-3-1-4-10/h2,5-6,9-10,13,15H,1,3-4,7-8H2. The predicted octanol–water partition coefficient (Wildman–Crippen LogP) is 3.61. The number of aliphatic hydroxyl groups is 1. The molecule has 1 fully saturated rings. The maximum atomic E-state index is 9.10. The summed E-state index contributed by atoms with van der Waals surface area (Å²) < 4.78 is 0. The van der Waals surface area contributed by atoms with Crippen molar-refractivity contribution in [2.75, 3.05) is 6.61 Å². The lowest BCUT2D eigenvalue weighted by molar-refractivity contribution is 0.206. The number of halogens is 1. The quantitative estimate of drug-likeness (QED) is 0.829. The van der Waals surface area contributed by atoms with Gasteiger partial charge >= 0.3 is 0 Å². The number of hydrogen-bond acceptors (Lipinski definition) is 1. The van der Waals surface area contributed by atoms with Crippen LogP contribution in [0.5, 0.6) is 0 Å². The monoisotopic (exact) mass is 224 g/mol. The highest BCUT2D eigenvalue weighted by Gasteiger charge is 2.27. The molecule has 0 spiro atoms. The minimum absolute atomic E-state index is 0.272. The number of hydrogen-bond donors (Lipinski definition) is 1. The topological polar surface area (TPSA) is 20.2 Å². The van der Waals surface area contributed by atoms with E-state index in [0.29, 0.717) is 5.92 Å². The molecule has 1 saturated carbocycles. The van der Waals surface area contributed by atoms with Crippen LogP contribution in [0, 0.1) is 5.92 Å². The van der Waals surface area contributed by atoms with Crippen LogP contribution in [-0.2, 0) is 0 Å². The Hall–Kier alpha value is -0.530. The van der Waals surface area contributed by atoms with E-state index in [1.807, 2.05) is 18.2 Å². The molecule has 0 aliphatic heterocycles. The Bertz CT molecular complexity index is 320. The van der Waals surface area contributed by atoms with Gasteiger partial charge in [0.2, 0.25) is 0 Å². The smallest absolute Gasteiger partial charge is 0.0436 e. The van der Waals surface area contributed by atoms with E-state index < -0.39 is 0 Å². The SMILES string of the molecule is OCCC(c1cccc(Cl)c1)C1CCC1. The van der Waals surface area contributed by atoms with E-state index >= 15 is 0 Å². The van der Waals surface area contributed by atoms with Crippen molar-refractivity contribution in [1.29, 1.82) is 0 Å². The van der Waals surface area contributed by atoms with Gasteiger partial charge in [-0.3, -0.25) is 0 Å². The molecule has 1 aliphatic carbocycles. The summed E-state index contributed by atoms with van der Waals surface area (Å²) in [5, 5.41) is 9.90. The Balaban J connectivity index is 2.15. The van der Waals surface area contributed by atoms with Gasteiger partial charge < -0.3 is 5.11 Å². The number of aliphatic hydroxyl groups excluding tert-OH is 1. The Morgan fingerprint density at radius 3 is 2.73 bits per heavy atom. The third-order valence-corrected chi connectivity index (χ3v) is 3.67. The van der Waals surface area contributed by atoms with Gasteiger partial charge in [-0.1, -0.05) is 30.2 Å². The van der Waals surface area contributed by atoms with Crippen LogP contribution < -0.4 is 0 Å². The minimum atomic E-state index is 0.272. The highest BCUT2D eigenvalue weighted by atomic mass is 35.5. The van der Waals surface area contributed by atoms with Gasteiger partial charge in [-0.15, -0.1) is 0 Å². The summed E-state index contributed by atoms with van der Waals surface area (Å²) >= 11 is 5.99. The fourth-order valence-corrected chi connectivity index (χ4v) is 2.59. The van der Waals surface area contributed by atoms with Crippen LogP contribution >= 0.6 is 11.6 Å². The summed E-state index contributed by atoms with van der Waals surface area (Å²) in [6, 6.07) is 8.08. The average molecular weight is 225 g/mol. The highest BCUT2D eigenvalue weighted by molar-refractivity contribution is 6.30. The Morgan fingerprint density at radius 1 is 1.40 bits per heavy atom. The molecule has 0 heterocycles. The molecule has 0 amide bonds. The van der Waals surface area contributed by atoms with E-state index in [2.05, 4.69) is 6.07 Å². The van der Waals surface area contributed by atoms with Gasteiger partial charge in [-0.05, 0) is 48.8 Å². The lowest BCUT2D eigenvalue weighted by Crippen LogP contribution is -2.21. The molecule has 1 aliphatic rings. The van der Waals surface area contributed by atoms with Crippen molar-refractivity contribution in [2.45, 2.75) is 31.6 Å². The summed E-state index contributed by atoms with van der Waals surface area (Å²) in [7, 11) is 0. The molecular formula is C13H17ClO. The molecular weight excluding hydrogens is 208 g/mol. The van der Waals surface area contributed by atoms with Crippen LogP contribution in [0.4, 0.5) is 0 Å². The van der Waals surface area contributed by atoms with E-state index in [1.165, 1.54) is 24.8 Å². The highest BCUT2D eigenvalue weighted by Crippen LogP contribution is 2.41. The van der Waals surface area contributed by atoms with E-state index in [4.69, 9.17) is 16.7 Å². The minimum Gasteiger partial charge on any atom is -0.396 e. The van der Waals surface area contributed by atoms with Crippen molar-refractivity contribution in [3.63, 3.8) is 0 Å². The first kappa shape index (κ1) is 11.0. The fraction of sp³-hybridized carbons (Fsp3) is 0.538. The lowest BCUT2D eigenvalue weighted by Gasteiger charge is -2.34. The summed E-state index contributed by atoms with van der Waals surface area (Å²) in [6.07, 6.45) is 4.81. The van der Waals surface area contributed by atoms with Crippen molar-refractivity contribution >= 4 is 11.6 Å². The molecule has 82 valence electrons. The second-order valence-electron chi connectivity index (χ2n) is 4.36. The molecule has 1 unspecified atom stereocenters. The average Bonchev–Trinajstić information content (AvgIpc) is 2.14. The number of rotatable bonds is 4. The van der Waals surface area contributed by atoms with Crippen LogP contribution in [0.1, 0.15) is 37.2 Å². The molecule has 0 saturated heterocycles. The second kappa shape index (κ2) is 5.00. The van der Waals surface area contributed by atoms with Crippen molar-refractivity contribution in [3.05, 3.63) is 34.9 Å². The van der Waals surface area contributed by atoms with E-state index in [1.54, 1.807) is 0 Å². The zero-order valence-corrected chi connectivity index (χ0v) is 9.58. The maximum Gasteiger partial charge on any atom is 0.0436 e. The number of benzene rings is 1. The third-order valence-electron chi connectivity index (χ3n) is 3.44. The molecule has 0 aromatic heterocycles. The first-order valence-electron chi connectivity index (χ1n) is 5.67. The molecule has 1 aromatic rings. The molecule has 2 heteroatoms. The van der Waals surface area contributed by atoms with Gasteiger partial charge in [0.1, 0.15) is 0 Å². The summed E-state index contributed by atoms with van der Waals surface area (Å²) in [5.41, 5.74) is 1.29. The summed E-state index contributed by atoms with van der Waals surface area (Å²) in [5.74, 6) is 1.26. The van der Waals surface area contributed by atoms with E-state index in [9.17, 15) is 0 Å². The molecule has 2 rings (SSSR count). The zero-order chi connectivity index (χ0) is 10.7.